The van der Waals surface area contributed by atoms with E-state index >= 15 is 0 Å². The Bertz CT molecular complexity index is 945. The summed E-state index contributed by atoms with van der Waals surface area (Å²) in [6.45, 7) is 1.71. The van der Waals surface area contributed by atoms with Gasteiger partial charge in [0.25, 0.3) is 0 Å². The monoisotopic (exact) mass is 398 g/mol. The quantitative estimate of drug-likeness (QED) is 0.819. The van der Waals surface area contributed by atoms with Crippen LogP contribution in [0.1, 0.15) is 30.5 Å². The highest BCUT2D eigenvalue weighted by Gasteiger charge is 2.22. The molecule has 5 nitrogen and oxygen atoms in total. The van der Waals surface area contributed by atoms with E-state index in [4.69, 9.17) is 23.2 Å². The number of carbonyl (C=O) groups excluding carboxylic acids is 1. The molecule has 1 amide bonds. The maximum atomic E-state index is 12.7. The Morgan fingerprint density at radius 2 is 1.88 bits per heavy atom. The number of sulfonamides is 1. The molecule has 2 aromatic carbocycles. The lowest BCUT2D eigenvalue weighted by Crippen LogP contribution is -2.27. The topological polar surface area (TPSA) is 75.3 Å². The minimum absolute atomic E-state index is 0.0627. The molecule has 1 atom stereocenters. The van der Waals surface area contributed by atoms with Gasteiger partial charge in [-0.25, -0.2) is 13.1 Å². The summed E-state index contributed by atoms with van der Waals surface area (Å²) in [6, 6.07) is 9.09. The Morgan fingerprint density at radius 3 is 2.60 bits per heavy atom. The molecule has 1 aliphatic rings. The number of anilines is 1. The first-order valence-electron chi connectivity index (χ1n) is 7.66. The van der Waals surface area contributed by atoms with Gasteiger partial charge in [0.05, 0.1) is 4.90 Å². The van der Waals surface area contributed by atoms with E-state index in [-0.39, 0.29) is 10.8 Å². The van der Waals surface area contributed by atoms with E-state index in [2.05, 4.69) is 10.0 Å². The molecule has 0 spiro atoms. The van der Waals surface area contributed by atoms with Gasteiger partial charge in [-0.15, -0.1) is 0 Å². The van der Waals surface area contributed by atoms with E-state index in [1.165, 1.54) is 6.07 Å². The second-order valence-electron chi connectivity index (χ2n) is 5.88. The van der Waals surface area contributed by atoms with Gasteiger partial charge in [0, 0.05) is 28.2 Å². The average molecular weight is 399 g/mol. The molecular weight excluding hydrogens is 383 g/mol. The van der Waals surface area contributed by atoms with Crippen molar-refractivity contribution < 1.29 is 13.2 Å². The minimum atomic E-state index is -3.74. The second-order valence-corrected chi connectivity index (χ2v) is 8.43. The first-order chi connectivity index (χ1) is 11.8. The van der Waals surface area contributed by atoms with Crippen LogP contribution in [0.4, 0.5) is 5.69 Å². The zero-order valence-corrected chi connectivity index (χ0v) is 15.7. The fraction of sp³-hybridized carbons (Fsp3) is 0.235. The highest BCUT2D eigenvalue weighted by Crippen LogP contribution is 2.29. The lowest BCUT2D eigenvalue weighted by molar-refractivity contribution is -0.116. The van der Waals surface area contributed by atoms with Gasteiger partial charge in [0.1, 0.15) is 0 Å². The first kappa shape index (κ1) is 18.2. The van der Waals surface area contributed by atoms with Crippen molar-refractivity contribution in [1.29, 1.82) is 0 Å². The smallest absolute Gasteiger partial charge is 0.241 e. The zero-order valence-electron chi connectivity index (χ0n) is 13.3. The number of carbonyl (C=O) groups is 1. The van der Waals surface area contributed by atoms with E-state index in [1.54, 1.807) is 37.3 Å². The maximum absolute atomic E-state index is 12.7. The number of halogens is 2. The number of hydrogen-bond acceptors (Lipinski definition) is 3. The van der Waals surface area contributed by atoms with E-state index in [0.29, 0.717) is 34.1 Å². The zero-order chi connectivity index (χ0) is 18.2. The standard InChI is InChI=1S/C17H16Cl2N2O3S/c1-10(14-5-3-12(18)9-15(14)19)21-25(23,24)13-4-6-16-11(8-13)2-7-17(22)20-16/h3-6,8-10,21H,2,7H2,1H3,(H,20,22)/t10-/m0/s1. The summed E-state index contributed by atoms with van der Waals surface area (Å²) in [5.74, 6) is -0.0627. The molecule has 0 bridgehead atoms. The van der Waals surface area contributed by atoms with Gasteiger partial charge >= 0.3 is 0 Å². The summed E-state index contributed by atoms with van der Waals surface area (Å²) < 4.78 is 28.0. The molecule has 2 N–H and O–H groups in total. The largest absolute Gasteiger partial charge is 0.326 e. The third kappa shape index (κ3) is 3.98. The van der Waals surface area contributed by atoms with Gasteiger partial charge < -0.3 is 5.32 Å². The number of rotatable bonds is 4. The average Bonchev–Trinajstić information content (AvgIpc) is 2.53. The van der Waals surface area contributed by atoms with Crippen molar-refractivity contribution in [2.45, 2.75) is 30.7 Å². The first-order valence-corrected chi connectivity index (χ1v) is 9.90. The maximum Gasteiger partial charge on any atom is 0.241 e. The van der Waals surface area contributed by atoms with Crippen molar-refractivity contribution in [2.24, 2.45) is 0 Å². The van der Waals surface area contributed by atoms with Gasteiger partial charge in [-0.2, -0.15) is 0 Å². The summed E-state index contributed by atoms with van der Waals surface area (Å²) in [5, 5.41) is 3.62. The van der Waals surface area contributed by atoms with Crippen molar-refractivity contribution >= 4 is 44.8 Å². The van der Waals surface area contributed by atoms with E-state index in [9.17, 15) is 13.2 Å². The molecule has 3 rings (SSSR count). The van der Waals surface area contributed by atoms with E-state index < -0.39 is 16.1 Å². The van der Waals surface area contributed by atoms with Crippen LogP contribution in [0.15, 0.2) is 41.3 Å². The molecule has 0 aliphatic carbocycles. The Morgan fingerprint density at radius 1 is 1.12 bits per heavy atom. The molecule has 132 valence electrons. The summed E-state index contributed by atoms with van der Waals surface area (Å²) in [7, 11) is -3.74. The van der Waals surface area contributed by atoms with Gasteiger partial charge in [-0.05, 0) is 54.8 Å². The van der Waals surface area contributed by atoms with Crippen LogP contribution in [0.5, 0.6) is 0 Å². The molecule has 25 heavy (non-hydrogen) atoms. The SMILES string of the molecule is C[C@H](NS(=O)(=O)c1ccc2c(c1)CCC(=O)N2)c1ccc(Cl)cc1Cl. The molecule has 1 aliphatic heterocycles. The van der Waals surface area contributed by atoms with Crippen molar-refractivity contribution in [2.75, 3.05) is 5.32 Å². The summed E-state index contributed by atoms with van der Waals surface area (Å²) in [5.41, 5.74) is 2.10. The molecule has 0 radical (unpaired) electrons. The molecule has 0 saturated heterocycles. The second kappa shape index (κ2) is 6.96. The third-order valence-electron chi connectivity index (χ3n) is 4.04. The fourth-order valence-electron chi connectivity index (χ4n) is 2.74. The van der Waals surface area contributed by atoms with Crippen molar-refractivity contribution in [3.05, 3.63) is 57.6 Å². The highest BCUT2D eigenvalue weighted by atomic mass is 35.5. The van der Waals surface area contributed by atoms with Crippen LogP contribution in [0.25, 0.3) is 0 Å². The number of amides is 1. The molecule has 2 aromatic rings. The van der Waals surface area contributed by atoms with Crippen LogP contribution in [-0.4, -0.2) is 14.3 Å². The van der Waals surface area contributed by atoms with Gasteiger partial charge in [-0.1, -0.05) is 29.3 Å². The number of benzene rings is 2. The van der Waals surface area contributed by atoms with Crippen LogP contribution < -0.4 is 10.0 Å². The van der Waals surface area contributed by atoms with Gasteiger partial charge in [-0.3, -0.25) is 4.79 Å². The third-order valence-corrected chi connectivity index (χ3v) is 6.14. The predicted molar refractivity (Wildman–Crippen MR) is 98.6 cm³/mol. The van der Waals surface area contributed by atoms with Crippen LogP contribution in [-0.2, 0) is 21.2 Å². The number of fused-ring (bicyclic) bond motifs is 1. The van der Waals surface area contributed by atoms with Crippen LogP contribution in [0, 0.1) is 0 Å². The van der Waals surface area contributed by atoms with Crippen molar-refractivity contribution in [3.8, 4) is 0 Å². The lowest BCUT2D eigenvalue weighted by Gasteiger charge is -2.19. The predicted octanol–water partition coefficient (Wildman–Crippen LogP) is 3.92. The molecule has 0 aromatic heterocycles. The number of aryl methyl sites for hydroxylation is 1. The summed E-state index contributed by atoms with van der Waals surface area (Å²) in [4.78, 5) is 11.6. The Balaban J connectivity index is 1.85. The van der Waals surface area contributed by atoms with Crippen LogP contribution >= 0.6 is 23.2 Å². The normalized spacial score (nSPS) is 15.4. The highest BCUT2D eigenvalue weighted by molar-refractivity contribution is 7.89. The number of hydrogen-bond donors (Lipinski definition) is 2. The van der Waals surface area contributed by atoms with E-state index in [1.807, 2.05) is 0 Å². The molecule has 0 fully saturated rings. The molecule has 1 heterocycles. The fourth-order valence-corrected chi connectivity index (χ4v) is 4.59. The van der Waals surface area contributed by atoms with E-state index in [0.717, 1.165) is 5.56 Å². The Kier molecular flexibility index (Phi) is 5.06. The molecule has 0 saturated carbocycles. The molecule has 8 heteroatoms. The van der Waals surface area contributed by atoms with Gasteiger partial charge in [0.15, 0.2) is 0 Å². The molecular formula is C17H16Cl2N2O3S. The lowest BCUT2D eigenvalue weighted by atomic mass is 10.0. The Labute approximate surface area is 156 Å². The van der Waals surface area contributed by atoms with Crippen molar-refractivity contribution in [3.63, 3.8) is 0 Å². The van der Waals surface area contributed by atoms with Gasteiger partial charge in [0.2, 0.25) is 15.9 Å². The van der Waals surface area contributed by atoms with Crippen LogP contribution in [0.2, 0.25) is 10.0 Å². The number of nitrogens with one attached hydrogen (secondary N) is 2. The van der Waals surface area contributed by atoms with Crippen LogP contribution in [0.3, 0.4) is 0 Å². The van der Waals surface area contributed by atoms with Crippen molar-refractivity contribution in [1.82, 2.24) is 4.72 Å². The Hall–Kier alpha value is -1.60. The minimum Gasteiger partial charge on any atom is -0.326 e. The summed E-state index contributed by atoms with van der Waals surface area (Å²) in [6.07, 6.45) is 0.865. The molecule has 0 unspecified atom stereocenters. The summed E-state index contributed by atoms with van der Waals surface area (Å²) >= 11 is 12.0.